The van der Waals surface area contributed by atoms with Crippen molar-refractivity contribution in [1.29, 1.82) is 0 Å². The molecule has 0 saturated carbocycles. The van der Waals surface area contributed by atoms with Gasteiger partial charge in [-0.05, 0) is 59.2 Å². The van der Waals surface area contributed by atoms with E-state index >= 15 is 0 Å². The molecule has 1 rings (SSSR count). The third kappa shape index (κ3) is 5.99. The van der Waals surface area contributed by atoms with Crippen molar-refractivity contribution in [1.82, 2.24) is 9.80 Å². The molecular weight excluding hydrogens is 271 g/mol. The number of rotatable bonds is 9. The molecule has 1 N–H and O–H groups in total. The van der Waals surface area contributed by atoms with Crippen LogP contribution in [-0.4, -0.2) is 62.8 Å². The first-order valence-electron chi connectivity index (χ1n) is 7.29. The van der Waals surface area contributed by atoms with Gasteiger partial charge in [0, 0.05) is 6.54 Å². The summed E-state index contributed by atoms with van der Waals surface area (Å²) in [5, 5.41) is 10.2. The molecule has 0 amide bonds. The third-order valence-corrected chi connectivity index (χ3v) is 3.50. The monoisotopic (exact) mass is 298 g/mol. The highest BCUT2D eigenvalue weighted by atomic mass is 19.1. The molecule has 0 heterocycles. The van der Waals surface area contributed by atoms with Gasteiger partial charge in [-0.1, -0.05) is 6.07 Å². The summed E-state index contributed by atoms with van der Waals surface area (Å²) in [4.78, 5) is 4.30. The van der Waals surface area contributed by atoms with Crippen molar-refractivity contribution in [3.63, 3.8) is 0 Å². The first kappa shape index (κ1) is 17.9. The van der Waals surface area contributed by atoms with Crippen LogP contribution >= 0.6 is 0 Å². The molecule has 1 unspecified atom stereocenters. The van der Waals surface area contributed by atoms with E-state index < -0.39 is 11.9 Å². The van der Waals surface area contributed by atoms with Gasteiger partial charge in [0.15, 0.2) is 0 Å². The lowest BCUT2D eigenvalue weighted by Gasteiger charge is -2.21. The zero-order valence-corrected chi connectivity index (χ0v) is 13.5. The maximum Gasteiger partial charge on any atom is 0.132 e. The normalized spacial score (nSPS) is 13.0. The molecule has 0 saturated heterocycles. The van der Waals surface area contributed by atoms with Crippen molar-refractivity contribution in [2.45, 2.75) is 18.9 Å². The average molecular weight is 298 g/mol. The molecule has 0 fully saturated rings. The van der Waals surface area contributed by atoms with Gasteiger partial charge in [0.25, 0.3) is 0 Å². The topological polar surface area (TPSA) is 35.9 Å². The van der Waals surface area contributed by atoms with Crippen molar-refractivity contribution in [2.75, 3.05) is 47.9 Å². The maximum absolute atomic E-state index is 13.8. The number of ether oxygens (including phenoxy) is 1. The summed E-state index contributed by atoms with van der Waals surface area (Å²) >= 11 is 0. The summed E-state index contributed by atoms with van der Waals surface area (Å²) in [5.74, 6) is -0.0186. The number of methoxy groups -OCH3 is 1. The minimum atomic E-state index is -0.850. The zero-order chi connectivity index (χ0) is 15.8. The van der Waals surface area contributed by atoms with Crippen LogP contribution in [0.2, 0.25) is 0 Å². The Kier molecular flexibility index (Phi) is 7.64. The van der Waals surface area contributed by atoms with Crippen molar-refractivity contribution >= 4 is 0 Å². The van der Waals surface area contributed by atoms with E-state index in [0.29, 0.717) is 18.7 Å². The van der Waals surface area contributed by atoms with Gasteiger partial charge in [0.05, 0.1) is 18.8 Å². The SMILES string of the molecule is COc1cccc(F)c1C(O)CCN(C)CCCN(C)C. The molecule has 0 spiro atoms. The Bertz CT molecular complexity index is 427. The smallest absolute Gasteiger partial charge is 0.132 e. The minimum Gasteiger partial charge on any atom is -0.496 e. The Morgan fingerprint density at radius 1 is 1.19 bits per heavy atom. The van der Waals surface area contributed by atoms with E-state index in [1.54, 1.807) is 12.1 Å². The molecule has 5 heteroatoms. The first-order chi connectivity index (χ1) is 9.95. The van der Waals surface area contributed by atoms with Gasteiger partial charge in [-0.25, -0.2) is 4.39 Å². The standard InChI is InChI=1S/C16H27FN2O2/c1-18(2)10-6-11-19(3)12-9-14(20)16-13(17)7-5-8-15(16)21-4/h5,7-8,14,20H,6,9-12H2,1-4H3. The molecule has 1 aromatic carbocycles. The fraction of sp³-hybridized carbons (Fsp3) is 0.625. The molecule has 120 valence electrons. The Hall–Kier alpha value is -1.17. The Morgan fingerprint density at radius 2 is 1.90 bits per heavy atom. The molecule has 0 aliphatic rings. The predicted molar refractivity (Wildman–Crippen MR) is 83.2 cm³/mol. The molecule has 0 aliphatic heterocycles. The molecule has 0 radical (unpaired) electrons. The molecule has 1 aromatic rings. The van der Waals surface area contributed by atoms with E-state index in [0.717, 1.165) is 19.5 Å². The van der Waals surface area contributed by atoms with Crippen LogP contribution in [0, 0.1) is 5.82 Å². The van der Waals surface area contributed by atoms with Crippen LogP contribution in [0.3, 0.4) is 0 Å². The quantitative estimate of drug-likeness (QED) is 0.758. The van der Waals surface area contributed by atoms with Gasteiger partial charge in [-0.15, -0.1) is 0 Å². The summed E-state index contributed by atoms with van der Waals surface area (Å²) in [5.41, 5.74) is 0.252. The van der Waals surface area contributed by atoms with E-state index in [2.05, 4.69) is 9.80 Å². The number of benzene rings is 1. The lowest BCUT2D eigenvalue weighted by atomic mass is 10.0. The van der Waals surface area contributed by atoms with Crippen molar-refractivity contribution in [3.8, 4) is 5.75 Å². The van der Waals surface area contributed by atoms with Crippen LogP contribution in [0.1, 0.15) is 24.5 Å². The summed E-state index contributed by atoms with van der Waals surface area (Å²) in [6.07, 6.45) is 0.704. The van der Waals surface area contributed by atoms with E-state index in [9.17, 15) is 9.50 Å². The van der Waals surface area contributed by atoms with Crippen molar-refractivity contribution in [2.24, 2.45) is 0 Å². The maximum atomic E-state index is 13.8. The second-order valence-corrected chi connectivity index (χ2v) is 5.62. The van der Waals surface area contributed by atoms with Gasteiger partial charge in [-0.2, -0.15) is 0 Å². The van der Waals surface area contributed by atoms with Crippen molar-refractivity contribution in [3.05, 3.63) is 29.6 Å². The fourth-order valence-corrected chi connectivity index (χ4v) is 2.27. The molecule has 0 bridgehead atoms. The van der Waals surface area contributed by atoms with Crippen molar-refractivity contribution < 1.29 is 14.2 Å². The fourth-order valence-electron chi connectivity index (χ4n) is 2.27. The molecule has 0 aromatic heterocycles. The number of hydrogen-bond acceptors (Lipinski definition) is 4. The zero-order valence-electron chi connectivity index (χ0n) is 13.5. The highest BCUT2D eigenvalue weighted by Crippen LogP contribution is 2.29. The number of aliphatic hydroxyl groups is 1. The van der Waals surface area contributed by atoms with E-state index in [1.165, 1.54) is 13.2 Å². The molecule has 21 heavy (non-hydrogen) atoms. The predicted octanol–water partition coefficient (Wildman–Crippen LogP) is 2.14. The Balaban J connectivity index is 2.48. The number of nitrogens with zero attached hydrogens (tertiary/aromatic N) is 2. The third-order valence-electron chi connectivity index (χ3n) is 3.50. The second kappa shape index (κ2) is 8.97. The summed E-state index contributed by atoms with van der Waals surface area (Å²) in [7, 11) is 7.60. The average Bonchev–Trinajstić information content (AvgIpc) is 2.44. The van der Waals surface area contributed by atoms with Crippen LogP contribution in [0.15, 0.2) is 18.2 Å². The van der Waals surface area contributed by atoms with E-state index in [4.69, 9.17) is 4.74 Å². The molecule has 4 nitrogen and oxygen atoms in total. The molecule has 1 atom stereocenters. The summed E-state index contributed by atoms with van der Waals surface area (Å²) in [6.45, 7) is 2.71. The number of halogens is 1. The lowest BCUT2D eigenvalue weighted by Crippen LogP contribution is -2.25. The highest BCUT2D eigenvalue weighted by Gasteiger charge is 2.18. The molecular formula is C16H27FN2O2. The van der Waals surface area contributed by atoms with Gasteiger partial charge >= 0.3 is 0 Å². The van der Waals surface area contributed by atoms with Gasteiger partial charge in [0.2, 0.25) is 0 Å². The van der Waals surface area contributed by atoms with Crippen LogP contribution < -0.4 is 4.74 Å². The number of hydrogen-bond donors (Lipinski definition) is 1. The highest BCUT2D eigenvalue weighted by molar-refractivity contribution is 5.36. The minimum absolute atomic E-state index is 0.252. The Morgan fingerprint density at radius 3 is 2.52 bits per heavy atom. The molecule has 0 aliphatic carbocycles. The second-order valence-electron chi connectivity index (χ2n) is 5.62. The largest absolute Gasteiger partial charge is 0.496 e. The van der Waals surface area contributed by atoms with Gasteiger partial charge in [0.1, 0.15) is 11.6 Å². The van der Waals surface area contributed by atoms with Crippen LogP contribution in [0.4, 0.5) is 4.39 Å². The van der Waals surface area contributed by atoms with E-state index in [1.807, 2.05) is 21.1 Å². The van der Waals surface area contributed by atoms with Crippen LogP contribution in [0.5, 0.6) is 5.75 Å². The lowest BCUT2D eigenvalue weighted by molar-refractivity contribution is 0.140. The summed E-state index contributed by atoms with van der Waals surface area (Å²) < 4.78 is 19.0. The summed E-state index contributed by atoms with van der Waals surface area (Å²) in [6, 6.07) is 4.60. The van der Waals surface area contributed by atoms with Gasteiger partial charge in [-0.3, -0.25) is 0 Å². The first-order valence-corrected chi connectivity index (χ1v) is 7.29. The van der Waals surface area contributed by atoms with Gasteiger partial charge < -0.3 is 19.6 Å². The van der Waals surface area contributed by atoms with E-state index in [-0.39, 0.29) is 5.56 Å². The van der Waals surface area contributed by atoms with Crippen LogP contribution in [0.25, 0.3) is 0 Å². The van der Waals surface area contributed by atoms with Crippen LogP contribution in [-0.2, 0) is 0 Å². The number of aliphatic hydroxyl groups excluding tert-OH is 1. The Labute approximate surface area is 127 Å².